The summed E-state index contributed by atoms with van der Waals surface area (Å²) in [6.07, 6.45) is 1.51. The lowest BCUT2D eigenvalue weighted by Crippen LogP contribution is -2.22. The maximum absolute atomic E-state index is 12.2. The molecule has 6 heteroatoms. The molecule has 0 fully saturated rings. The van der Waals surface area contributed by atoms with Crippen molar-refractivity contribution in [3.63, 3.8) is 0 Å². The van der Waals surface area contributed by atoms with Crippen LogP contribution in [0.3, 0.4) is 0 Å². The fourth-order valence-corrected chi connectivity index (χ4v) is 2.58. The van der Waals surface area contributed by atoms with Crippen molar-refractivity contribution < 1.29 is 14.3 Å². The number of carbonyl (C=O) groups excluding carboxylic acids is 2. The molecule has 0 spiro atoms. The maximum Gasteiger partial charge on any atom is 0.254 e. The molecule has 0 atom stereocenters. The van der Waals surface area contributed by atoms with Crippen molar-refractivity contribution in [2.45, 2.75) is 6.92 Å². The molecule has 0 saturated carbocycles. The quantitative estimate of drug-likeness (QED) is 0.804. The van der Waals surface area contributed by atoms with Crippen molar-refractivity contribution in [1.82, 2.24) is 4.90 Å². The second-order valence-corrected chi connectivity index (χ2v) is 6.35. The average Bonchev–Trinajstić information content (AvgIpc) is 2.61. The number of nitrogens with one attached hydrogen (secondary N) is 1. The van der Waals surface area contributed by atoms with E-state index in [-0.39, 0.29) is 16.8 Å². The Labute approximate surface area is 158 Å². The van der Waals surface area contributed by atoms with Crippen LogP contribution in [0.4, 0.5) is 5.69 Å². The summed E-state index contributed by atoms with van der Waals surface area (Å²) in [6, 6.07) is 12.3. The summed E-state index contributed by atoms with van der Waals surface area (Å²) in [4.78, 5) is 25.7. The lowest BCUT2D eigenvalue weighted by molar-refractivity contribution is -0.111. The smallest absolute Gasteiger partial charge is 0.254 e. The van der Waals surface area contributed by atoms with E-state index in [1.54, 1.807) is 39.4 Å². The third kappa shape index (κ3) is 4.86. The van der Waals surface area contributed by atoms with Crippen LogP contribution in [0.5, 0.6) is 5.75 Å². The highest BCUT2D eigenvalue weighted by Gasteiger charge is 2.13. The largest absolute Gasteiger partial charge is 0.497 e. The monoisotopic (exact) mass is 372 g/mol. The number of anilines is 1. The molecule has 2 rings (SSSR count). The van der Waals surface area contributed by atoms with Crippen LogP contribution in [0.15, 0.2) is 48.5 Å². The second kappa shape index (κ2) is 8.54. The zero-order valence-corrected chi connectivity index (χ0v) is 15.9. The van der Waals surface area contributed by atoms with Crippen molar-refractivity contribution in [2.24, 2.45) is 0 Å². The van der Waals surface area contributed by atoms with Gasteiger partial charge < -0.3 is 15.0 Å². The zero-order valence-electron chi connectivity index (χ0n) is 15.2. The highest BCUT2D eigenvalue weighted by Crippen LogP contribution is 2.23. The normalized spacial score (nSPS) is 11.0. The average molecular weight is 373 g/mol. The van der Waals surface area contributed by atoms with E-state index in [2.05, 4.69) is 5.32 Å². The summed E-state index contributed by atoms with van der Waals surface area (Å²) >= 11 is 6.16. The first-order valence-corrected chi connectivity index (χ1v) is 8.34. The molecule has 0 aromatic heterocycles. The summed E-state index contributed by atoms with van der Waals surface area (Å²) in [5.74, 6) is 0.289. The molecule has 1 N–H and O–H groups in total. The number of halogens is 1. The van der Waals surface area contributed by atoms with E-state index in [4.69, 9.17) is 16.3 Å². The van der Waals surface area contributed by atoms with Crippen LogP contribution in [-0.2, 0) is 4.79 Å². The van der Waals surface area contributed by atoms with Gasteiger partial charge in [-0.3, -0.25) is 9.59 Å². The van der Waals surface area contributed by atoms with E-state index < -0.39 is 0 Å². The molecule has 0 aliphatic heterocycles. The van der Waals surface area contributed by atoms with Gasteiger partial charge in [0.05, 0.1) is 17.7 Å². The van der Waals surface area contributed by atoms with Crippen LogP contribution in [-0.4, -0.2) is 37.9 Å². The molecular formula is C20H21ClN2O3. The SMILES string of the molecule is COc1ccc(/C(C)=C/C(=O)Nc2ccc(C(=O)N(C)C)c(Cl)c2)cc1. The molecule has 0 unspecified atom stereocenters. The summed E-state index contributed by atoms with van der Waals surface area (Å²) in [7, 11) is 4.91. The van der Waals surface area contributed by atoms with Gasteiger partial charge in [-0.15, -0.1) is 0 Å². The van der Waals surface area contributed by atoms with Crippen molar-refractivity contribution in [3.05, 3.63) is 64.7 Å². The maximum atomic E-state index is 12.2. The molecule has 2 amide bonds. The van der Waals surface area contributed by atoms with Gasteiger partial charge in [-0.25, -0.2) is 0 Å². The van der Waals surface area contributed by atoms with Crippen LogP contribution in [0.1, 0.15) is 22.8 Å². The Hall–Kier alpha value is -2.79. The number of hydrogen-bond donors (Lipinski definition) is 1. The zero-order chi connectivity index (χ0) is 19.3. The number of carbonyl (C=O) groups is 2. The minimum absolute atomic E-state index is 0.192. The minimum atomic E-state index is -0.277. The Morgan fingerprint density at radius 1 is 1.12 bits per heavy atom. The number of rotatable bonds is 5. The highest BCUT2D eigenvalue weighted by molar-refractivity contribution is 6.34. The van der Waals surface area contributed by atoms with Gasteiger partial charge >= 0.3 is 0 Å². The van der Waals surface area contributed by atoms with E-state index in [0.29, 0.717) is 11.3 Å². The Kier molecular flexibility index (Phi) is 6.41. The number of benzene rings is 2. The van der Waals surface area contributed by atoms with Gasteiger partial charge in [-0.2, -0.15) is 0 Å². The van der Waals surface area contributed by atoms with E-state index >= 15 is 0 Å². The van der Waals surface area contributed by atoms with Crippen LogP contribution < -0.4 is 10.1 Å². The summed E-state index contributed by atoms with van der Waals surface area (Å²) in [5.41, 5.74) is 2.65. The van der Waals surface area contributed by atoms with E-state index in [1.165, 1.54) is 11.0 Å². The lowest BCUT2D eigenvalue weighted by atomic mass is 10.1. The third-order valence-corrected chi connectivity index (χ3v) is 4.08. The number of methoxy groups -OCH3 is 1. The predicted octanol–water partition coefficient (Wildman–Crippen LogP) is 4.09. The Balaban J connectivity index is 2.11. The Morgan fingerprint density at radius 3 is 2.31 bits per heavy atom. The lowest BCUT2D eigenvalue weighted by Gasteiger charge is -2.12. The number of allylic oxidation sites excluding steroid dienone is 1. The van der Waals surface area contributed by atoms with Crippen LogP contribution in [0, 0.1) is 0 Å². The van der Waals surface area contributed by atoms with Gasteiger partial charge in [0.1, 0.15) is 5.75 Å². The van der Waals surface area contributed by atoms with Gasteiger partial charge in [0, 0.05) is 25.9 Å². The Bertz CT molecular complexity index is 843. The first-order chi connectivity index (χ1) is 12.3. The first kappa shape index (κ1) is 19.5. The molecule has 136 valence electrons. The van der Waals surface area contributed by atoms with Gasteiger partial charge in [0.25, 0.3) is 5.91 Å². The topological polar surface area (TPSA) is 58.6 Å². The summed E-state index contributed by atoms with van der Waals surface area (Å²) < 4.78 is 5.12. The van der Waals surface area contributed by atoms with E-state index in [9.17, 15) is 9.59 Å². The number of amides is 2. The van der Waals surface area contributed by atoms with Crippen LogP contribution in [0.25, 0.3) is 5.57 Å². The third-order valence-electron chi connectivity index (χ3n) is 3.77. The van der Waals surface area contributed by atoms with Gasteiger partial charge in [-0.05, 0) is 48.4 Å². The van der Waals surface area contributed by atoms with E-state index in [0.717, 1.165) is 16.9 Å². The van der Waals surface area contributed by atoms with Crippen molar-refractivity contribution >= 4 is 34.7 Å². The fourth-order valence-electron chi connectivity index (χ4n) is 2.32. The molecule has 0 heterocycles. The molecule has 2 aromatic rings. The van der Waals surface area contributed by atoms with Crippen molar-refractivity contribution in [3.8, 4) is 5.75 Å². The standard InChI is InChI=1S/C20H21ClN2O3/c1-13(14-5-8-16(26-4)9-6-14)11-19(24)22-15-7-10-17(18(21)12-15)20(25)23(2)3/h5-12H,1-4H3,(H,22,24)/b13-11+. The molecule has 0 aliphatic carbocycles. The molecule has 5 nitrogen and oxygen atoms in total. The van der Waals surface area contributed by atoms with Gasteiger partial charge in [-0.1, -0.05) is 23.7 Å². The number of ether oxygens (including phenoxy) is 1. The molecule has 0 saturated heterocycles. The molecule has 0 bridgehead atoms. The first-order valence-electron chi connectivity index (χ1n) is 7.96. The summed E-state index contributed by atoms with van der Waals surface area (Å²) in [5, 5.41) is 3.04. The molecule has 26 heavy (non-hydrogen) atoms. The van der Waals surface area contributed by atoms with Crippen LogP contribution >= 0.6 is 11.6 Å². The number of hydrogen-bond acceptors (Lipinski definition) is 3. The molecular weight excluding hydrogens is 352 g/mol. The predicted molar refractivity (Wildman–Crippen MR) is 105 cm³/mol. The van der Waals surface area contributed by atoms with Crippen LogP contribution in [0.2, 0.25) is 5.02 Å². The fraction of sp³-hybridized carbons (Fsp3) is 0.200. The van der Waals surface area contributed by atoms with E-state index in [1.807, 2.05) is 31.2 Å². The minimum Gasteiger partial charge on any atom is -0.497 e. The van der Waals surface area contributed by atoms with Crippen molar-refractivity contribution in [1.29, 1.82) is 0 Å². The Morgan fingerprint density at radius 2 is 1.77 bits per heavy atom. The van der Waals surface area contributed by atoms with Gasteiger partial charge in [0.2, 0.25) is 5.91 Å². The highest BCUT2D eigenvalue weighted by atomic mass is 35.5. The molecule has 0 aliphatic rings. The molecule has 0 radical (unpaired) electrons. The number of nitrogens with zero attached hydrogens (tertiary/aromatic N) is 1. The van der Waals surface area contributed by atoms with Gasteiger partial charge in [0.15, 0.2) is 0 Å². The molecule has 2 aromatic carbocycles. The second-order valence-electron chi connectivity index (χ2n) is 5.94. The summed E-state index contributed by atoms with van der Waals surface area (Å²) in [6.45, 7) is 1.85. The van der Waals surface area contributed by atoms with Crippen molar-refractivity contribution in [2.75, 3.05) is 26.5 Å².